The van der Waals surface area contributed by atoms with Crippen molar-refractivity contribution in [3.8, 4) is 0 Å². The molecular formula is C7H12N2O4. The van der Waals surface area contributed by atoms with Crippen molar-refractivity contribution in [1.82, 2.24) is 10.1 Å². The monoisotopic (exact) mass is 188 g/mol. The summed E-state index contributed by atoms with van der Waals surface area (Å²) in [5.74, 6) is -2.24. The van der Waals surface area contributed by atoms with Gasteiger partial charge in [-0.15, -0.1) is 0 Å². The first-order valence-electron chi connectivity index (χ1n) is 3.85. The quantitative estimate of drug-likeness (QED) is 0.400. The van der Waals surface area contributed by atoms with Crippen LogP contribution in [0.2, 0.25) is 0 Å². The lowest BCUT2D eigenvalue weighted by Crippen LogP contribution is -2.67. The van der Waals surface area contributed by atoms with E-state index in [4.69, 9.17) is 0 Å². The fraction of sp³-hybridized carbons (Fsp3) is 0.714. The summed E-state index contributed by atoms with van der Waals surface area (Å²) in [6.07, 6.45) is 0. The first-order valence-corrected chi connectivity index (χ1v) is 3.85. The van der Waals surface area contributed by atoms with Crippen molar-refractivity contribution >= 4 is 11.8 Å². The molecule has 0 bridgehead atoms. The second kappa shape index (κ2) is 2.68. The van der Waals surface area contributed by atoms with Gasteiger partial charge in [0.15, 0.2) is 0 Å². The maximum absolute atomic E-state index is 11.0. The SMILES string of the molecule is C[C@H]1N(O)C(=O)C(=O)N(O)C1(C)C. The number of piperazine rings is 1. The average Bonchev–Trinajstić information content (AvgIpc) is 2.09. The molecule has 0 aliphatic carbocycles. The Balaban J connectivity index is 3.07. The Morgan fingerprint density at radius 3 is 2.15 bits per heavy atom. The third-order valence-electron chi connectivity index (χ3n) is 2.52. The Labute approximate surface area is 75.3 Å². The molecule has 1 rings (SSSR count). The Kier molecular flexibility index (Phi) is 2.05. The molecule has 0 aromatic heterocycles. The van der Waals surface area contributed by atoms with Crippen LogP contribution in [0.1, 0.15) is 20.8 Å². The van der Waals surface area contributed by atoms with Crippen LogP contribution in [0.4, 0.5) is 0 Å². The van der Waals surface area contributed by atoms with Crippen molar-refractivity contribution in [1.29, 1.82) is 0 Å². The van der Waals surface area contributed by atoms with E-state index in [1.165, 1.54) is 6.92 Å². The maximum Gasteiger partial charge on any atom is 0.338 e. The molecule has 13 heavy (non-hydrogen) atoms. The van der Waals surface area contributed by atoms with E-state index in [0.717, 1.165) is 0 Å². The van der Waals surface area contributed by atoms with Gasteiger partial charge in [-0.25, -0.2) is 10.1 Å². The van der Waals surface area contributed by atoms with Gasteiger partial charge in [0.2, 0.25) is 0 Å². The topological polar surface area (TPSA) is 81.1 Å². The van der Waals surface area contributed by atoms with E-state index in [-0.39, 0.29) is 0 Å². The smallest absolute Gasteiger partial charge is 0.285 e. The molecule has 6 nitrogen and oxygen atoms in total. The summed E-state index contributed by atoms with van der Waals surface area (Å²) in [5.41, 5.74) is -0.986. The number of carbonyl (C=O) groups excluding carboxylic acids is 2. The number of hydroxylamine groups is 4. The minimum Gasteiger partial charge on any atom is -0.285 e. The fourth-order valence-electron chi connectivity index (χ4n) is 1.10. The Bertz CT molecular complexity index is 263. The van der Waals surface area contributed by atoms with Gasteiger partial charge in [0.05, 0.1) is 11.6 Å². The van der Waals surface area contributed by atoms with Crippen LogP contribution in [0.15, 0.2) is 0 Å². The average molecular weight is 188 g/mol. The van der Waals surface area contributed by atoms with Gasteiger partial charge in [-0.2, -0.15) is 0 Å². The molecule has 0 radical (unpaired) electrons. The molecule has 0 unspecified atom stereocenters. The number of rotatable bonds is 0. The molecule has 0 saturated carbocycles. The molecule has 1 fully saturated rings. The van der Waals surface area contributed by atoms with E-state index < -0.39 is 23.4 Å². The zero-order valence-electron chi connectivity index (χ0n) is 7.68. The first kappa shape index (κ1) is 9.94. The van der Waals surface area contributed by atoms with E-state index in [1.807, 2.05) is 0 Å². The molecule has 1 atom stereocenters. The molecule has 1 saturated heterocycles. The van der Waals surface area contributed by atoms with Gasteiger partial charge in [0.25, 0.3) is 0 Å². The summed E-state index contributed by atoms with van der Waals surface area (Å²) in [5, 5.41) is 19.2. The lowest BCUT2D eigenvalue weighted by molar-refractivity contribution is -0.247. The van der Waals surface area contributed by atoms with Gasteiger partial charge in [0.1, 0.15) is 0 Å². The third kappa shape index (κ3) is 1.18. The van der Waals surface area contributed by atoms with Crippen molar-refractivity contribution < 1.29 is 20.0 Å². The molecule has 2 N–H and O–H groups in total. The summed E-state index contributed by atoms with van der Waals surface area (Å²) in [6.45, 7) is 4.63. The predicted molar refractivity (Wildman–Crippen MR) is 40.8 cm³/mol. The molecule has 0 spiro atoms. The minimum atomic E-state index is -1.12. The van der Waals surface area contributed by atoms with Crippen molar-refractivity contribution in [2.24, 2.45) is 0 Å². The molecule has 74 valence electrons. The summed E-state index contributed by atoms with van der Waals surface area (Å²) in [6, 6.07) is -0.650. The largest absolute Gasteiger partial charge is 0.338 e. The molecular weight excluding hydrogens is 176 g/mol. The van der Waals surface area contributed by atoms with Gasteiger partial charge >= 0.3 is 11.8 Å². The lowest BCUT2D eigenvalue weighted by Gasteiger charge is -2.44. The number of amides is 2. The molecule has 0 aromatic rings. The van der Waals surface area contributed by atoms with Crippen molar-refractivity contribution in [2.75, 3.05) is 0 Å². The van der Waals surface area contributed by atoms with E-state index in [1.54, 1.807) is 13.8 Å². The molecule has 1 heterocycles. The molecule has 0 aromatic carbocycles. The van der Waals surface area contributed by atoms with E-state index in [2.05, 4.69) is 0 Å². The second-order valence-electron chi connectivity index (χ2n) is 3.60. The number of nitrogens with zero attached hydrogens (tertiary/aromatic N) is 2. The molecule has 1 aliphatic rings. The van der Waals surface area contributed by atoms with Gasteiger partial charge in [0, 0.05) is 0 Å². The van der Waals surface area contributed by atoms with Crippen LogP contribution in [0.25, 0.3) is 0 Å². The lowest BCUT2D eigenvalue weighted by atomic mass is 9.92. The highest BCUT2D eigenvalue weighted by Gasteiger charge is 2.49. The summed E-state index contributed by atoms with van der Waals surface area (Å²) in [4.78, 5) is 22.0. The zero-order valence-corrected chi connectivity index (χ0v) is 7.68. The fourth-order valence-corrected chi connectivity index (χ4v) is 1.10. The second-order valence-corrected chi connectivity index (χ2v) is 3.60. The standard InChI is InChI=1S/C7H12N2O4/c1-4-7(2,3)9(13)6(11)5(10)8(4)12/h4,12-13H,1-3H3/t4-/m1/s1. The first-order chi connectivity index (χ1) is 5.80. The predicted octanol–water partition coefficient (Wildman–Crippen LogP) is -0.397. The Hall–Kier alpha value is -1.14. The highest BCUT2D eigenvalue weighted by atomic mass is 16.5. The van der Waals surface area contributed by atoms with Crippen molar-refractivity contribution in [2.45, 2.75) is 32.4 Å². The van der Waals surface area contributed by atoms with Crippen LogP contribution in [0.5, 0.6) is 0 Å². The summed E-state index contributed by atoms with van der Waals surface area (Å²) < 4.78 is 0. The van der Waals surface area contributed by atoms with Crippen molar-refractivity contribution in [3.05, 3.63) is 0 Å². The molecule has 1 aliphatic heterocycles. The van der Waals surface area contributed by atoms with Crippen LogP contribution < -0.4 is 0 Å². The van der Waals surface area contributed by atoms with Crippen LogP contribution in [-0.2, 0) is 9.59 Å². The van der Waals surface area contributed by atoms with Crippen molar-refractivity contribution in [3.63, 3.8) is 0 Å². The third-order valence-corrected chi connectivity index (χ3v) is 2.52. The molecule has 6 heteroatoms. The summed E-state index contributed by atoms with van der Waals surface area (Å²) in [7, 11) is 0. The van der Waals surface area contributed by atoms with Gasteiger partial charge in [-0.1, -0.05) is 0 Å². The highest BCUT2D eigenvalue weighted by Crippen LogP contribution is 2.25. The Morgan fingerprint density at radius 1 is 1.23 bits per heavy atom. The Morgan fingerprint density at radius 2 is 1.69 bits per heavy atom. The summed E-state index contributed by atoms with van der Waals surface area (Å²) >= 11 is 0. The van der Waals surface area contributed by atoms with E-state index in [9.17, 15) is 20.0 Å². The van der Waals surface area contributed by atoms with E-state index >= 15 is 0 Å². The van der Waals surface area contributed by atoms with Crippen LogP contribution in [0.3, 0.4) is 0 Å². The minimum absolute atomic E-state index is 0.342. The number of carbonyl (C=O) groups is 2. The normalized spacial score (nSPS) is 28.2. The number of hydrogen-bond donors (Lipinski definition) is 2. The zero-order chi connectivity index (χ0) is 10.4. The highest BCUT2D eigenvalue weighted by molar-refractivity contribution is 6.35. The van der Waals surface area contributed by atoms with Crippen LogP contribution in [0, 0.1) is 0 Å². The van der Waals surface area contributed by atoms with Gasteiger partial charge < -0.3 is 0 Å². The number of hydrogen-bond acceptors (Lipinski definition) is 4. The van der Waals surface area contributed by atoms with Crippen LogP contribution in [-0.4, -0.2) is 43.9 Å². The maximum atomic E-state index is 11.0. The van der Waals surface area contributed by atoms with Crippen LogP contribution >= 0.6 is 0 Å². The van der Waals surface area contributed by atoms with Gasteiger partial charge in [-0.3, -0.25) is 20.0 Å². The molecule has 2 amide bonds. The van der Waals surface area contributed by atoms with Gasteiger partial charge in [-0.05, 0) is 20.8 Å². The van der Waals surface area contributed by atoms with E-state index in [0.29, 0.717) is 10.1 Å².